The van der Waals surface area contributed by atoms with Crippen LogP contribution in [0, 0.1) is 10.1 Å². The summed E-state index contributed by atoms with van der Waals surface area (Å²) in [7, 11) is 0. The van der Waals surface area contributed by atoms with E-state index in [-0.39, 0.29) is 17.8 Å². The van der Waals surface area contributed by atoms with Crippen molar-refractivity contribution in [1.29, 1.82) is 0 Å². The fourth-order valence-electron chi connectivity index (χ4n) is 2.47. The molecule has 136 valence electrons. The molecule has 0 unspecified atom stereocenters. The predicted molar refractivity (Wildman–Crippen MR) is 92.1 cm³/mol. The Morgan fingerprint density at radius 1 is 1.12 bits per heavy atom. The van der Waals surface area contributed by atoms with Gasteiger partial charge < -0.3 is 20.5 Å². The number of nitrogens with one attached hydrogen (secondary N) is 1. The molecule has 0 aliphatic rings. The number of carbonyl (C=O) groups excluding carboxylic acids is 2. The van der Waals surface area contributed by atoms with Crippen LogP contribution in [0.25, 0.3) is 0 Å². The number of rotatable bonds is 9. The van der Waals surface area contributed by atoms with Gasteiger partial charge in [0, 0.05) is 24.2 Å². The summed E-state index contributed by atoms with van der Waals surface area (Å²) in [5.74, 6) is -1.87. The molecule has 1 atom stereocenters. The minimum atomic E-state index is -1.33. The average molecular weight is 357 g/mol. The van der Waals surface area contributed by atoms with Gasteiger partial charge in [0.25, 0.3) is 5.69 Å². The number of non-ortho nitro benzene ring substituents is 1. The molecule has 2 rings (SSSR count). The first kappa shape index (κ1) is 19.1. The van der Waals surface area contributed by atoms with Crippen molar-refractivity contribution >= 4 is 23.3 Å². The average Bonchev–Trinajstić information content (AvgIpc) is 2.61. The second kappa shape index (κ2) is 9.28. The van der Waals surface area contributed by atoms with Gasteiger partial charge in [-0.3, -0.25) is 14.9 Å². The van der Waals surface area contributed by atoms with E-state index in [9.17, 15) is 24.8 Å². The summed E-state index contributed by atoms with van der Waals surface area (Å²) in [6.07, 6.45) is 0.372. The zero-order chi connectivity index (χ0) is 18.9. The smallest absolute Gasteiger partial charge is 0.271 e. The second-order valence-corrected chi connectivity index (χ2v) is 5.75. The van der Waals surface area contributed by atoms with Gasteiger partial charge in [-0.25, -0.2) is 0 Å². The Morgan fingerprint density at radius 3 is 2.50 bits per heavy atom. The third kappa shape index (κ3) is 5.99. The molecule has 0 aliphatic carbocycles. The van der Waals surface area contributed by atoms with Crippen molar-refractivity contribution in [3.63, 3.8) is 0 Å². The fourth-order valence-corrected chi connectivity index (χ4v) is 2.47. The van der Waals surface area contributed by atoms with Gasteiger partial charge in [-0.15, -0.1) is 0 Å². The molecule has 1 amide bonds. The van der Waals surface area contributed by atoms with Gasteiger partial charge in [0.05, 0.1) is 23.9 Å². The van der Waals surface area contributed by atoms with E-state index < -0.39 is 22.8 Å². The Balaban J connectivity index is 1.88. The van der Waals surface area contributed by atoms with Crippen molar-refractivity contribution in [2.24, 2.45) is 0 Å². The number of quaternary nitrogens is 1. The first-order valence-electron chi connectivity index (χ1n) is 8.08. The molecule has 2 aromatic carbocycles. The number of nitro groups is 1. The SMILES string of the molecule is O=C(C[C@H]([NH2+]CCc1ccccc1)C(=O)[O-])Nc1cccc([N+](=O)[O-])c1. The van der Waals surface area contributed by atoms with Crippen LogP contribution in [-0.2, 0) is 16.0 Å². The number of carbonyl (C=O) groups is 2. The van der Waals surface area contributed by atoms with E-state index in [0.29, 0.717) is 13.0 Å². The molecule has 26 heavy (non-hydrogen) atoms. The van der Waals surface area contributed by atoms with E-state index in [1.54, 1.807) is 5.32 Å². The monoisotopic (exact) mass is 357 g/mol. The van der Waals surface area contributed by atoms with E-state index in [2.05, 4.69) is 5.32 Å². The lowest BCUT2D eigenvalue weighted by Crippen LogP contribution is -2.93. The molecular formula is C18H19N3O5. The molecule has 8 heteroatoms. The molecular weight excluding hydrogens is 338 g/mol. The van der Waals surface area contributed by atoms with Gasteiger partial charge in [-0.2, -0.15) is 0 Å². The van der Waals surface area contributed by atoms with Crippen LogP contribution >= 0.6 is 0 Å². The number of hydrogen-bond acceptors (Lipinski definition) is 5. The van der Waals surface area contributed by atoms with Crippen molar-refractivity contribution in [3.8, 4) is 0 Å². The molecule has 0 heterocycles. The van der Waals surface area contributed by atoms with Crippen molar-refractivity contribution in [2.75, 3.05) is 11.9 Å². The number of nitrogens with two attached hydrogens (primary N) is 1. The highest BCUT2D eigenvalue weighted by molar-refractivity contribution is 5.93. The van der Waals surface area contributed by atoms with Crippen LogP contribution in [0.3, 0.4) is 0 Å². The zero-order valence-corrected chi connectivity index (χ0v) is 14.0. The highest BCUT2D eigenvalue weighted by Crippen LogP contribution is 2.17. The maximum absolute atomic E-state index is 12.0. The van der Waals surface area contributed by atoms with Crippen molar-refractivity contribution in [2.45, 2.75) is 18.9 Å². The molecule has 3 N–H and O–H groups in total. The van der Waals surface area contributed by atoms with Gasteiger partial charge >= 0.3 is 0 Å². The Kier molecular flexibility index (Phi) is 6.81. The maximum Gasteiger partial charge on any atom is 0.271 e. The van der Waals surface area contributed by atoms with E-state index in [0.717, 1.165) is 5.56 Å². The summed E-state index contributed by atoms with van der Waals surface area (Å²) in [6, 6.07) is 14.0. The van der Waals surface area contributed by atoms with Crippen LogP contribution in [0.1, 0.15) is 12.0 Å². The maximum atomic E-state index is 12.0. The van der Waals surface area contributed by atoms with Gasteiger partial charge in [-0.05, 0) is 11.6 Å². The highest BCUT2D eigenvalue weighted by atomic mass is 16.6. The summed E-state index contributed by atoms with van der Waals surface area (Å²) >= 11 is 0. The quantitative estimate of drug-likeness (QED) is 0.476. The van der Waals surface area contributed by atoms with Crippen LogP contribution in [0.15, 0.2) is 54.6 Å². The number of benzene rings is 2. The topological polar surface area (TPSA) is 129 Å². The van der Waals surface area contributed by atoms with Crippen LogP contribution in [0.5, 0.6) is 0 Å². The number of carboxylic acids is 1. The van der Waals surface area contributed by atoms with Crippen LogP contribution < -0.4 is 15.7 Å². The molecule has 0 saturated carbocycles. The van der Waals surface area contributed by atoms with E-state index >= 15 is 0 Å². The molecule has 0 aliphatic heterocycles. The molecule has 2 aromatic rings. The highest BCUT2D eigenvalue weighted by Gasteiger charge is 2.18. The normalized spacial score (nSPS) is 11.5. The first-order chi connectivity index (χ1) is 12.5. The zero-order valence-electron chi connectivity index (χ0n) is 14.0. The minimum absolute atomic E-state index is 0.159. The van der Waals surface area contributed by atoms with Crippen molar-refractivity contribution < 1.29 is 24.9 Å². The summed E-state index contributed by atoms with van der Waals surface area (Å²) < 4.78 is 0. The largest absolute Gasteiger partial charge is 0.544 e. The molecule has 0 radical (unpaired) electrons. The van der Waals surface area contributed by atoms with Gasteiger partial charge in [0.2, 0.25) is 5.91 Å². The molecule has 0 spiro atoms. The third-order valence-corrected chi connectivity index (χ3v) is 3.78. The number of nitro benzene ring substituents is 1. The number of anilines is 1. The van der Waals surface area contributed by atoms with E-state index in [1.807, 2.05) is 30.3 Å². The van der Waals surface area contributed by atoms with Crippen molar-refractivity contribution in [3.05, 3.63) is 70.3 Å². The minimum Gasteiger partial charge on any atom is -0.544 e. The lowest BCUT2D eigenvalue weighted by atomic mass is 10.1. The number of nitrogens with zero attached hydrogens (tertiary/aromatic N) is 1. The Bertz CT molecular complexity index is 779. The number of amides is 1. The fraction of sp³-hybridized carbons (Fsp3) is 0.222. The lowest BCUT2D eigenvalue weighted by Gasteiger charge is -2.16. The first-order valence-corrected chi connectivity index (χ1v) is 8.08. The number of aliphatic carboxylic acids is 1. The second-order valence-electron chi connectivity index (χ2n) is 5.75. The summed E-state index contributed by atoms with van der Waals surface area (Å²) in [4.78, 5) is 33.5. The molecule has 0 saturated heterocycles. The van der Waals surface area contributed by atoms with Gasteiger partial charge in [0.1, 0.15) is 6.04 Å². The molecule has 0 bridgehead atoms. The Morgan fingerprint density at radius 2 is 1.85 bits per heavy atom. The van der Waals surface area contributed by atoms with Crippen LogP contribution in [-0.4, -0.2) is 29.4 Å². The molecule has 0 aromatic heterocycles. The predicted octanol–water partition coefficient (Wildman–Crippen LogP) is -0.152. The number of hydrogen-bond donors (Lipinski definition) is 2. The summed E-state index contributed by atoms with van der Waals surface area (Å²) in [5, 5.41) is 26.0. The van der Waals surface area contributed by atoms with Crippen LogP contribution in [0.4, 0.5) is 11.4 Å². The van der Waals surface area contributed by atoms with Crippen molar-refractivity contribution in [1.82, 2.24) is 0 Å². The standard InChI is InChI=1S/C18H19N3O5/c22-17(20-14-7-4-8-15(11-14)21(25)26)12-16(18(23)24)19-10-9-13-5-2-1-3-6-13/h1-8,11,16,19H,9-10,12H2,(H,20,22)(H,23,24)/t16-/m0/s1. The van der Waals surface area contributed by atoms with E-state index in [1.165, 1.54) is 24.3 Å². The third-order valence-electron chi connectivity index (χ3n) is 3.78. The van der Waals surface area contributed by atoms with E-state index in [4.69, 9.17) is 0 Å². The summed E-state index contributed by atoms with van der Waals surface area (Å²) in [5.41, 5.74) is 1.15. The van der Waals surface area contributed by atoms with Gasteiger partial charge in [0.15, 0.2) is 0 Å². The Labute approximate surface area is 150 Å². The van der Waals surface area contributed by atoms with Gasteiger partial charge in [-0.1, -0.05) is 36.4 Å². The van der Waals surface area contributed by atoms with Crippen LogP contribution in [0.2, 0.25) is 0 Å². The summed E-state index contributed by atoms with van der Waals surface area (Å²) in [6.45, 7) is 0.493. The Hall–Kier alpha value is -3.26. The lowest BCUT2D eigenvalue weighted by molar-refractivity contribution is -0.682. The molecule has 0 fully saturated rings. The number of carboxylic acid groups (broad SMARTS) is 1. The molecule has 8 nitrogen and oxygen atoms in total.